The Labute approximate surface area is 182 Å². The fourth-order valence-electron chi connectivity index (χ4n) is 3.20. The number of anilines is 1. The molecule has 172 valence electrons. The fraction of sp³-hybridized carbons (Fsp3) is 0.591. The summed E-state index contributed by atoms with van der Waals surface area (Å²) in [7, 11) is 3.15. The Bertz CT molecular complexity index is 799. The van der Waals surface area contributed by atoms with Gasteiger partial charge in [-0.15, -0.1) is 0 Å². The monoisotopic (exact) mass is 437 g/mol. The highest BCUT2D eigenvalue weighted by Crippen LogP contribution is 2.22. The third kappa shape index (κ3) is 7.73. The van der Waals surface area contributed by atoms with Crippen LogP contribution >= 0.6 is 0 Å². The van der Waals surface area contributed by atoms with Gasteiger partial charge in [0.25, 0.3) is 5.91 Å². The van der Waals surface area contributed by atoms with E-state index in [-0.39, 0.29) is 29.9 Å². The molecule has 0 spiro atoms. The lowest BCUT2D eigenvalue weighted by Crippen LogP contribution is -2.41. The van der Waals surface area contributed by atoms with Crippen LogP contribution in [0, 0.1) is 11.7 Å². The van der Waals surface area contributed by atoms with Crippen molar-refractivity contribution in [2.45, 2.75) is 45.6 Å². The summed E-state index contributed by atoms with van der Waals surface area (Å²) in [6.45, 7) is 6.92. The molecule has 0 aliphatic carbocycles. The number of carbonyl (C=O) groups excluding carboxylic acids is 3. The minimum atomic E-state index is -0.753. The first-order chi connectivity index (χ1) is 14.5. The third-order valence-corrected chi connectivity index (χ3v) is 4.88. The molecule has 1 aliphatic rings. The molecule has 8 nitrogen and oxygen atoms in total. The molecule has 2 rings (SSSR count). The van der Waals surface area contributed by atoms with E-state index in [1.807, 2.05) is 20.8 Å². The minimum Gasteiger partial charge on any atom is -0.449 e. The van der Waals surface area contributed by atoms with Crippen molar-refractivity contribution in [3.63, 3.8) is 0 Å². The molecule has 1 aliphatic heterocycles. The summed E-state index contributed by atoms with van der Waals surface area (Å²) in [4.78, 5) is 39.0. The van der Waals surface area contributed by atoms with E-state index in [0.717, 1.165) is 18.9 Å². The molecule has 9 heteroatoms. The normalized spacial score (nSPS) is 14.7. The molecule has 0 bridgehead atoms. The average Bonchev–Trinajstić information content (AvgIpc) is 2.68. The van der Waals surface area contributed by atoms with Crippen LogP contribution in [-0.4, -0.2) is 67.3 Å². The van der Waals surface area contributed by atoms with Crippen molar-refractivity contribution >= 4 is 23.8 Å². The van der Waals surface area contributed by atoms with Gasteiger partial charge < -0.3 is 19.3 Å². The molecule has 0 unspecified atom stereocenters. The smallest absolute Gasteiger partial charge is 0.411 e. The highest BCUT2D eigenvalue weighted by molar-refractivity contribution is 5.95. The molecule has 1 heterocycles. The zero-order chi connectivity index (χ0) is 23.2. The van der Waals surface area contributed by atoms with Crippen LogP contribution in [0.15, 0.2) is 18.2 Å². The summed E-state index contributed by atoms with van der Waals surface area (Å²) >= 11 is 0. The van der Waals surface area contributed by atoms with Crippen LogP contribution in [0.2, 0.25) is 0 Å². The van der Waals surface area contributed by atoms with Crippen LogP contribution in [0.4, 0.5) is 19.7 Å². The molecule has 1 saturated heterocycles. The van der Waals surface area contributed by atoms with Crippen LogP contribution in [0.3, 0.4) is 0 Å². The van der Waals surface area contributed by atoms with E-state index >= 15 is 0 Å². The van der Waals surface area contributed by atoms with E-state index in [1.54, 1.807) is 19.0 Å². The van der Waals surface area contributed by atoms with Gasteiger partial charge >= 0.3 is 12.2 Å². The number of hydrogen-bond acceptors (Lipinski definition) is 5. The van der Waals surface area contributed by atoms with Gasteiger partial charge in [-0.1, -0.05) is 0 Å². The van der Waals surface area contributed by atoms with Crippen molar-refractivity contribution in [1.82, 2.24) is 9.80 Å². The highest BCUT2D eigenvalue weighted by Gasteiger charge is 2.26. The first-order valence-electron chi connectivity index (χ1n) is 10.4. The van der Waals surface area contributed by atoms with E-state index in [9.17, 15) is 18.8 Å². The molecule has 31 heavy (non-hydrogen) atoms. The zero-order valence-electron chi connectivity index (χ0n) is 18.9. The maximum Gasteiger partial charge on any atom is 0.411 e. The molecule has 0 atom stereocenters. The van der Waals surface area contributed by atoms with Gasteiger partial charge in [0.2, 0.25) is 0 Å². The van der Waals surface area contributed by atoms with Gasteiger partial charge in [-0.05, 0) is 64.2 Å². The van der Waals surface area contributed by atoms with Gasteiger partial charge in [-0.25, -0.2) is 14.0 Å². The van der Waals surface area contributed by atoms with Crippen LogP contribution in [0.5, 0.6) is 0 Å². The lowest BCUT2D eigenvalue weighted by atomic mass is 9.94. The number of hydrogen-bond donors (Lipinski definition) is 1. The molecule has 1 fully saturated rings. The van der Waals surface area contributed by atoms with Crippen molar-refractivity contribution in [1.29, 1.82) is 0 Å². The Balaban J connectivity index is 1.72. The molecule has 0 saturated carbocycles. The highest BCUT2D eigenvalue weighted by atomic mass is 19.1. The molecular formula is C22H32FN3O5. The summed E-state index contributed by atoms with van der Waals surface area (Å²) < 4.78 is 24.7. The van der Waals surface area contributed by atoms with Crippen molar-refractivity contribution in [2.24, 2.45) is 5.92 Å². The summed E-state index contributed by atoms with van der Waals surface area (Å²) in [5.74, 6) is -0.704. The molecule has 0 radical (unpaired) electrons. The number of rotatable bonds is 5. The number of halogens is 1. The number of ether oxygens (including phenoxy) is 2. The Kier molecular flexibility index (Phi) is 8.24. The average molecular weight is 438 g/mol. The standard InChI is InChI=1S/C22H32FN3O5/c1-22(2,3)31-21(29)26-11-8-15(9-12-26)10-13-30-20(28)24-18-7-6-16(14-17(18)23)19(27)25(4)5/h6-7,14-15H,8-13H2,1-5H3,(H,24,28). The summed E-state index contributed by atoms with van der Waals surface area (Å²) in [5.41, 5.74) is -0.373. The molecule has 0 aromatic heterocycles. The van der Waals surface area contributed by atoms with Gasteiger partial charge in [0, 0.05) is 32.7 Å². The predicted molar refractivity (Wildman–Crippen MR) is 115 cm³/mol. The van der Waals surface area contributed by atoms with Crippen LogP contribution in [0.1, 0.15) is 50.4 Å². The number of nitrogens with zero attached hydrogens (tertiary/aromatic N) is 2. The van der Waals surface area contributed by atoms with E-state index in [4.69, 9.17) is 9.47 Å². The minimum absolute atomic E-state index is 0.0500. The summed E-state index contributed by atoms with van der Waals surface area (Å²) in [6.07, 6.45) is 1.22. The fourth-order valence-corrected chi connectivity index (χ4v) is 3.20. The number of amides is 3. The molecule has 1 aromatic rings. The lowest BCUT2D eigenvalue weighted by molar-refractivity contribution is 0.0175. The van der Waals surface area contributed by atoms with Gasteiger partial charge in [0.05, 0.1) is 12.3 Å². The van der Waals surface area contributed by atoms with E-state index in [2.05, 4.69) is 5.32 Å². The molecule has 1 N–H and O–H groups in total. The van der Waals surface area contributed by atoms with E-state index in [0.29, 0.717) is 25.4 Å². The number of piperidine rings is 1. The Hall–Kier alpha value is -2.84. The maximum atomic E-state index is 14.2. The number of likely N-dealkylation sites (tertiary alicyclic amines) is 1. The second kappa shape index (κ2) is 10.5. The SMILES string of the molecule is CN(C)C(=O)c1ccc(NC(=O)OCCC2CCN(C(=O)OC(C)(C)C)CC2)c(F)c1. The zero-order valence-corrected chi connectivity index (χ0v) is 18.9. The predicted octanol–water partition coefficient (Wildman–Crippen LogP) is 4.11. The van der Waals surface area contributed by atoms with Crippen molar-refractivity contribution < 1.29 is 28.2 Å². The number of benzene rings is 1. The van der Waals surface area contributed by atoms with Gasteiger partial charge in [0.15, 0.2) is 0 Å². The molecular weight excluding hydrogens is 405 g/mol. The summed E-state index contributed by atoms with van der Waals surface area (Å²) in [5, 5.41) is 2.36. The number of nitrogens with one attached hydrogen (secondary N) is 1. The van der Waals surface area contributed by atoms with Gasteiger partial charge in [0.1, 0.15) is 11.4 Å². The van der Waals surface area contributed by atoms with Crippen LogP contribution in [-0.2, 0) is 9.47 Å². The third-order valence-electron chi connectivity index (χ3n) is 4.88. The van der Waals surface area contributed by atoms with Crippen molar-refractivity contribution in [3.05, 3.63) is 29.6 Å². The molecule has 3 amide bonds. The van der Waals surface area contributed by atoms with E-state index < -0.39 is 17.5 Å². The first kappa shape index (κ1) is 24.4. The largest absolute Gasteiger partial charge is 0.449 e. The Morgan fingerprint density at radius 3 is 2.39 bits per heavy atom. The number of carbonyl (C=O) groups is 3. The second-order valence-electron chi connectivity index (χ2n) is 8.85. The van der Waals surface area contributed by atoms with E-state index in [1.165, 1.54) is 17.0 Å². The first-order valence-corrected chi connectivity index (χ1v) is 10.4. The quantitative estimate of drug-likeness (QED) is 0.749. The van der Waals surface area contributed by atoms with Crippen molar-refractivity contribution in [3.8, 4) is 0 Å². The Morgan fingerprint density at radius 1 is 1.19 bits per heavy atom. The van der Waals surface area contributed by atoms with Gasteiger partial charge in [-0.3, -0.25) is 10.1 Å². The summed E-state index contributed by atoms with van der Waals surface area (Å²) in [6, 6.07) is 3.86. The second-order valence-corrected chi connectivity index (χ2v) is 8.85. The Morgan fingerprint density at radius 2 is 1.84 bits per heavy atom. The van der Waals surface area contributed by atoms with Crippen molar-refractivity contribution in [2.75, 3.05) is 39.1 Å². The topological polar surface area (TPSA) is 88.2 Å². The molecule has 1 aromatic carbocycles. The van der Waals surface area contributed by atoms with Crippen LogP contribution in [0.25, 0.3) is 0 Å². The lowest BCUT2D eigenvalue weighted by Gasteiger charge is -2.33. The maximum absolute atomic E-state index is 14.2. The van der Waals surface area contributed by atoms with Crippen LogP contribution < -0.4 is 5.32 Å². The van der Waals surface area contributed by atoms with Gasteiger partial charge in [-0.2, -0.15) is 0 Å².